The van der Waals surface area contributed by atoms with E-state index < -0.39 is 23.6 Å². The zero-order valence-electron chi connectivity index (χ0n) is 18.6. The Morgan fingerprint density at radius 3 is 2.68 bits per heavy atom. The van der Waals surface area contributed by atoms with E-state index in [1.807, 2.05) is 33.8 Å². The number of hydrogen-bond donors (Lipinski definition) is 2. The number of aromatic nitrogens is 4. The number of hydrogen-bond acceptors (Lipinski definition) is 7. The lowest BCUT2D eigenvalue weighted by Gasteiger charge is -2.34. The van der Waals surface area contributed by atoms with Crippen LogP contribution in [0, 0.1) is 5.41 Å². The number of nitrogens with one attached hydrogen (secondary N) is 1. The summed E-state index contributed by atoms with van der Waals surface area (Å²) in [6, 6.07) is 2.17. The van der Waals surface area contributed by atoms with Gasteiger partial charge in [-0.1, -0.05) is 26.0 Å². The molecule has 2 aromatic heterocycles. The fourth-order valence-corrected chi connectivity index (χ4v) is 3.81. The van der Waals surface area contributed by atoms with Gasteiger partial charge < -0.3 is 20.1 Å². The van der Waals surface area contributed by atoms with Crippen molar-refractivity contribution in [3.05, 3.63) is 24.5 Å². The third-order valence-corrected chi connectivity index (χ3v) is 5.26. The molecule has 0 spiro atoms. The molecule has 1 aliphatic heterocycles. The molecule has 31 heavy (non-hydrogen) atoms. The third-order valence-electron chi connectivity index (χ3n) is 5.26. The van der Waals surface area contributed by atoms with Crippen LogP contribution in [-0.4, -0.2) is 74.1 Å². The summed E-state index contributed by atoms with van der Waals surface area (Å²) in [6.45, 7) is 8.30. The van der Waals surface area contributed by atoms with E-state index in [4.69, 9.17) is 4.74 Å². The van der Waals surface area contributed by atoms with E-state index in [-0.39, 0.29) is 24.8 Å². The van der Waals surface area contributed by atoms with Crippen LogP contribution in [0.15, 0.2) is 24.5 Å². The number of pyridine rings is 1. The van der Waals surface area contributed by atoms with Gasteiger partial charge in [-0.25, -0.2) is 9.67 Å². The molecule has 3 atom stereocenters. The van der Waals surface area contributed by atoms with Crippen LogP contribution in [0.5, 0.6) is 5.88 Å². The number of carbonyl (C=O) groups is 2. The molecule has 10 nitrogen and oxygen atoms in total. The lowest BCUT2D eigenvalue weighted by Crippen LogP contribution is -2.49. The van der Waals surface area contributed by atoms with Crippen molar-refractivity contribution in [1.82, 2.24) is 30.2 Å². The van der Waals surface area contributed by atoms with E-state index in [0.717, 1.165) is 5.56 Å². The van der Waals surface area contributed by atoms with Gasteiger partial charge in [0.15, 0.2) is 0 Å². The van der Waals surface area contributed by atoms with E-state index >= 15 is 0 Å². The van der Waals surface area contributed by atoms with Gasteiger partial charge in [-0.3, -0.25) is 9.59 Å². The molecule has 1 fully saturated rings. The van der Waals surface area contributed by atoms with Crippen LogP contribution in [0.25, 0.3) is 11.3 Å². The maximum Gasteiger partial charge on any atom is 0.248 e. The van der Waals surface area contributed by atoms with Crippen LogP contribution in [-0.2, 0) is 9.59 Å². The number of amides is 2. The molecular formula is C21H30N6O4. The first-order valence-electron chi connectivity index (χ1n) is 10.4. The maximum absolute atomic E-state index is 13.5. The van der Waals surface area contributed by atoms with Gasteiger partial charge in [0.05, 0.1) is 18.9 Å². The summed E-state index contributed by atoms with van der Waals surface area (Å²) < 4.78 is 6.89. The van der Waals surface area contributed by atoms with Crippen molar-refractivity contribution in [2.75, 3.05) is 20.2 Å². The highest BCUT2D eigenvalue weighted by atomic mass is 16.5. The second-order valence-corrected chi connectivity index (χ2v) is 8.68. The fraction of sp³-hybridized carbons (Fsp3) is 0.571. The molecule has 1 aliphatic rings. The lowest BCUT2D eigenvalue weighted by atomic mass is 9.85. The number of rotatable bonds is 6. The Bertz CT molecular complexity index is 921. The van der Waals surface area contributed by atoms with Crippen molar-refractivity contribution in [1.29, 1.82) is 0 Å². The highest BCUT2D eigenvalue weighted by Crippen LogP contribution is 2.35. The number of likely N-dealkylation sites (N-methyl/N-ethyl adjacent to an activating group) is 1. The molecule has 0 aliphatic carbocycles. The first-order chi connectivity index (χ1) is 14.7. The summed E-state index contributed by atoms with van der Waals surface area (Å²) in [5.74, 6) is -0.0505. The predicted octanol–water partition coefficient (Wildman–Crippen LogP) is 1.03. The van der Waals surface area contributed by atoms with Gasteiger partial charge in [-0.2, -0.15) is 0 Å². The number of likely N-dealkylation sites (tertiary alicyclic amines) is 1. The van der Waals surface area contributed by atoms with Crippen molar-refractivity contribution >= 4 is 11.8 Å². The Kier molecular flexibility index (Phi) is 6.59. The van der Waals surface area contributed by atoms with Crippen LogP contribution in [0.3, 0.4) is 0 Å². The van der Waals surface area contributed by atoms with Crippen LogP contribution in [0.2, 0.25) is 0 Å². The minimum Gasteiger partial charge on any atom is -0.478 e. The SMILES string of the molecule is CCOc1ccc(-c2cn(C(C(=O)N3CC(O)C[C@@H]3C(=O)NC)C(C)(C)C)nn2)cn1. The van der Waals surface area contributed by atoms with Gasteiger partial charge in [0.25, 0.3) is 0 Å². The normalized spacial score (nSPS) is 19.9. The minimum atomic E-state index is -0.742. The Morgan fingerprint density at radius 1 is 1.35 bits per heavy atom. The Balaban J connectivity index is 1.90. The number of ether oxygens (including phenoxy) is 1. The number of aliphatic hydroxyl groups excluding tert-OH is 1. The van der Waals surface area contributed by atoms with E-state index in [0.29, 0.717) is 18.2 Å². The molecule has 1 saturated heterocycles. The fourth-order valence-electron chi connectivity index (χ4n) is 3.81. The van der Waals surface area contributed by atoms with E-state index in [1.165, 1.54) is 16.6 Å². The van der Waals surface area contributed by atoms with Gasteiger partial charge in [0, 0.05) is 37.8 Å². The van der Waals surface area contributed by atoms with Gasteiger partial charge in [0.2, 0.25) is 17.7 Å². The van der Waals surface area contributed by atoms with Gasteiger partial charge in [-0.05, 0) is 18.4 Å². The molecule has 2 unspecified atom stereocenters. The molecule has 3 rings (SSSR count). The first-order valence-corrected chi connectivity index (χ1v) is 10.4. The summed E-state index contributed by atoms with van der Waals surface area (Å²) in [5.41, 5.74) is 0.802. The highest BCUT2D eigenvalue weighted by molar-refractivity contribution is 5.90. The van der Waals surface area contributed by atoms with Crippen LogP contribution >= 0.6 is 0 Å². The zero-order chi connectivity index (χ0) is 22.8. The smallest absolute Gasteiger partial charge is 0.248 e. The Hall–Kier alpha value is -3.01. The molecular weight excluding hydrogens is 400 g/mol. The van der Waals surface area contributed by atoms with Crippen molar-refractivity contribution < 1.29 is 19.4 Å². The Labute approximate surface area is 181 Å². The largest absolute Gasteiger partial charge is 0.478 e. The highest BCUT2D eigenvalue weighted by Gasteiger charge is 2.45. The standard InChI is InChI=1S/C21H30N6O4/c1-6-31-17-8-7-13(10-23-17)15-12-27(25-24-15)18(21(2,3)4)20(30)26-11-14(28)9-16(26)19(29)22-5/h7-8,10,12,14,16,18,28H,6,9,11H2,1-5H3,(H,22,29)/t14?,16-,18?/m1/s1. The Morgan fingerprint density at radius 2 is 2.10 bits per heavy atom. The number of aliphatic hydroxyl groups is 1. The van der Waals surface area contributed by atoms with Gasteiger partial charge in [0.1, 0.15) is 17.8 Å². The van der Waals surface area contributed by atoms with Gasteiger partial charge >= 0.3 is 0 Å². The molecule has 3 heterocycles. The van der Waals surface area contributed by atoms with Crippen LogP contribution in [0.1, 0.15) is 40.2 Å². The van der Waals surface area contributed by atoms with Crippen molar-refractivity contribution in [2.45, 2.75) is 52.3 Å². The molecule has 168 valence electrons. The number of nitrogens with zero attached hydrogens (tertiary/aromatic N) is 5. The molecule has 0 aromatic carbocycles. The first kappa shape index (κ1) is 22.7. The number of β-amino-alcohol motifs (C(OH)–C–C–N with tert-alkyl or cyclic N) is 1. The maximum atomic E-state index is 13.5. The topological polar surface area (TPSA) is 122 Å². The van der Waals surface area contributed by atoms with E-state index in [2.05, 4.69) is 20.6 Å². The summed E-state index contributed by atoms with van der Waals surface area (Å²) in [5, 5.41) is 21.1. The number of carbonyl (C=O) groups excluding carboxylic acids is 2. The van der Waals surface area contributed by atoms with Gasteiger partial charge in [-0.15, -0.1) is 5.10 Å². The summed E-state index contributed by atoms with van der Waals surface area (Å²) >= 11 is 0. The molecule has 0 bridgehead atoms. The van der Waals surface area contributed by atoms with E-state index in [1.54, 1.807) is 18.5 Å². The quantitative estimate of drug-likeness (QED) is 0.702. The summed E-state index contributed by atoms with van der Waals surface area (Å²) in [7, 11) is 1.52. The monoisotopic (exact) mass is 430 g/mol. The van der Waals surface area contributed by atoms with E-state index in [9.17, 15) is 14.7 Å². The third kappa shape index (κ3) is 4.84. The second kappa shape index (κ2) is 9.01. The summed E-state index contributed by atoms with van der Waals surface area (Å²) in [4.78, 5) is 31.5. The molecule has 2 amide bonds. The molecule has 2 aromatic rings. The molecule has 0 radical (unpaired) electrons. The average Bonchev–Trinajstić information content (AvgIpc) is 3.34. The van der Waals surface area contributed by atoms with Crippen LogP contribution in [0.4, 0.5) is 0 Å². The average molecular weight is 431 g/mol. The lowest BCUT2D eigenvalue weighted by molar-refractivity contribution is -0.144. The van der Waals surface area contributed by atoms with Crippen LogP contribution < -0.4 is 10.1 Å². The molecule has 0 saturated carbocycles. The van der Waals surface area contributed by atoms with Crippen molar-refractivity contribution in [2.24, 2.45) is 5.41 Å². The molecule has 10 heteroatoms. The van der Waals surface area contributed by atoms with Crippen molar-refractivity contribution in [3.8, 4) is 17.1 Å². The second-order valence-electron chi connectivity index (χ2n) is 8.68. The van der Waals surface area contributed by atoms with Crippen molar-refractivity contribution in [3.63, 3.8) is 0 Å². The summed E-state index contributed by atoms with van der Waals surface area (Å²) in [6.07, 6.45) is 2.81. The minimum absolute atomic E-state index is 0.105. The molecule has 2 N–H and O–H groups in total. The zero-order valence-corrected chi connectivity index (χ0v) is 18.6. The predicted molar refractivity (Wildman–Crippen MR) is 113 cm³/mol.